The summed E-state index contributed by atoms with van der Waals surface area (Å²) in [7, 11) is 0. The highest BCUT2D eigenvalue weighted by Crippen LogP contribution is 2.22. The van der Waals surface area contributed by atoms with E-state index in [0.29, 0.717) is 5.75 Å². The molecule has 0 radical (unpaired) electrons. The Bertz CT molecular complexity index is 834. The summed E-state index contributed by atoms with van der Waals surface area (Å²) in [4.78, 5) is 11.0. The fourth-order valence-corrected chi connectivity index (χ4v) is 2.72. The summed E-state index contributed by atoms with van der Waals surface area (Å²) < 4.78 is 5.13. The molecule has 3 aromatic rings. The van der Waals surface area contributed by atoms with Crippen LogP contribution < -0.4 is 10.1 Å². The Kier molecular flexibility index (Phi) is 7.16. The summed E-state index contributed by atoms with van der Waals surface area (Å²) >= 11 is 0. The van der Waals surface area contributed by atoms with Crippen molar-refractivity contribution in [1.82, 2.24) is 5.32 Å². The Morgan fingerprint density at radius 1 is 0.920 bits per heavy atom. The number of benzene rings is 3. The van der Waals surface area contributed by atoms with E-state index in [1.165, 1.54) is 18.1 Å². The fourth-order valence-electron chi connectivity index (χ4n) is 2.72. The molecule has 1 N–H and O–H groups in total. The van der Waals surface area contributed by atoms with Crippen molar-refractivity contribution >= 4 is 33.7 Å². The normalized spacial score (nSPS) is 10.3. The van der Waals surface area contributed by atoms with E-state index in [1.807, 2.05) is 24.3 Å². The van der Waals surface area contributed by atoms with Crippen LogP contribution in [0.3, 0.4) is 0 Å². The van der Waals surface area contributed by atoms with Crippen LogP contribution in [0.2, 0.25) is 0 Å². The minimum atomic E-state index is -0.296. The lowest BCUT2D eigenvalue weighted by Crippen LogP contribution is -2.16. The largest absolute Gasteiger partial charge is 0.427 e. The number of hydrogen-bond donors (Lipinski definition) is 1. The van der Waals surface area contributed by atoms with Crippen molar-refractivity contribution in [3.05, 3.63) is 77.9 Å². The van der Waals surface area contributed by atoms with Gasteiger partial charge in [0.2, 0.25) is 0 Å². The Morgan fingerprint density at radius 2 is 1.64 bits per heavy atom. The van der Waals surface area contributed by atoms with E-state index in [0.717, 1.165) is 30.3 Å². The van der Waals surface area contributed by atoms with Crippen molar-refractivity contribution in [2.45, 2.75) is 19.9 Å². The summed E-state index contributed by atoms with van der Waals surface area (Å²) in [6.07, 6.45) is 0.981. The van der Waals surface area contributed by atoms with E-state index in [4.69, 9.17) is 4.74 Å². The van der Waals surface area contributed by atoms with Crippen LogP contribution in [0.1, 0.15) is 18.1 Å². The number of carbonyl (C=O) groups excluding carboxylic acids is 1. The van der Waals surface area contributed by atoms with Crippen LogP contribution in [-0.4, -0.2) is 12.5 Å². The summed E-state index contributed by atoms with van der Waals surface area (Å²) in [5.74, 6) is 0.294. The third-order valence-electron chi connectivity index (χ3n) is 3.90. The van der Waals surface area contributed by atoms with Crippen LogP contribution in [0.25, 0.3) is 10.8 Å². The van der Waals surface area contributed by atoms with E-state index in [-0.39, 0.29) is 23.0 Å². The summed E-state index contributed by atoms with van der Waals surface area (Å²) in [5, 5.41) is 5.71. The SMILES string of the molecule is Br.CC(=O)Oc1ccc2cc(CCNCc3ccccc3)ccc2c1. The van der Waals surface area contributed by atoms with Gasteiger partial charge in [0.15, 0.2) is 0 Å². The lowest BCUT2D eigenvalue weighted by molar-refractivity contribution is -0.131. The summed E-state index contributed by atoms with van der Waals surface area (Å²) in [6.45, 7) is 3.24. The highest BCUT2D eigenvalue weighted by atomic mass is 79.9. The lowest BCUT2D eigenvalue weighted by atomic mass is 10.0. The second kappa shape index (κ2) is 9.35. The van der Waals surface area contributed by atoms with E-state index in [2.05, 4.69) is 47.8 Å². The average molecular weight is 400 g/mol. The van der Waals surface area contributed by atoms with Crippen molar-refractivity contribution in [2.24, 2.45) is 0 Å². The molecule has 0 heterocycles. The molecule has 0 atom stereocenters. The predicted octanol–water partition coefficient (Wildman–Crippen LogP) is 4.68. The molecule has 4 heteroatoms. The first-order valence-electron chi connectivity index (χ1n) is 8.16. The van der Waals surface area contributed by atoms with Gasteiger partial charge >= 0.3 is 5.97 Å². The van der Waals surface area contributed by atoms with Crippen LogP contribution in [-0.2, 0) is 17.8 Å². The Morgan fingerprint density at radius 3 is 2.40 bits per heavy atom. The van der Waals surface area contributed by atoms with Crippen LogP contribution >= 0.6 is 17.0 Å². The molecule has 0 saturated heterocycles. The minimum absolute atomic E-state index is 0. The van der Waals surface area contributed by atoms with Crippen molar-refractivity contribution < 1.29 is 9.53 Å². The first kappa shape index (κ1) is 19.2. The van der Waals surface area contributed by atoms with Crippen LogP contribution in [0.5, 0.6) is 5.75 Å². The molecule has 3 aromatic carbocycles. The Balaban J connectivity index is 0.00000225. The highest BCUT2D eigenvalue weighted by molar-refractivity contribution is 8.93. The van der Waals surface area contributed by atoms with Gasteiger partial charge in [-0.15, -0.1) is 17.0 Å². The zero-order valence-corrected chi connectivity index (χ0v) is 15.9. The number of ether oxygens (including phenoxy) is 1. The van der Waals surface area contributed by atoms with Gasteiger partial charge in [0.05, 0.1) is 0 Å². The fraction of sp³-hybridized carbons (Fsp3) is 0.190. The lowest BCUT2D eigenvalue weighted by Gasteiger charge is -2.07. The molecule has 0 fully saturated rings. The van der Waals surface area contributed by atoms with Gasteiger partial charge in [0, 0.05) is 13.5 Å². The molecular weight excluding hydrogens is 378 g/mol. The maximum Gasteiger partial charge on any atom is 0.308 e. The van der Waals surface area contributed by atoms with Gasteiger partial charge in [-0.2, -0.15) is 0 Å². The standard InChI is InChI=1S/C21H21NO2.BrH/c1-16(23)24-21-10-9-19-13-17(7-8-20(19)14-21)11-12-22-15-18-5-3-2-4-6-18;/h2-10,13-14,22H,11-12,15H2,1H3;1H. The first-order chi connectivity index (χ1) is 11.7. The van der Waals surface area contributed by atoms with Crippen molar-refractivity contribution in [3.63, 3.8) is 0 Å². The van der Waals surface area contributed by atoms with Gasteiger partial charge in [0.25, 0.3) is 0 Å². The molecule has 0 spiro atoms. The molecule has 0 saturated carbocycles. The van der Waals surface area contributed by atoms with Gasteiger partial charge in [-0.05, 0) is 47.0 Å². The number of fused-ring (bicyclic) bond motifs is 1. The molecule has 0 aromatic heterocycles. The maximum absolute atomic E-state index is 11.0. The highest BCUT2D eigenvalue weighted by Gasteiger charge is 2.02. The monoisotopic (exact) mass is 399 g/mol. The van der Waals surface area contributed by atoms with Crippen LogP contribution in [0.4, 0.5) is 0 Å². The zero-order chi connectivity index (χ0) is 16.8. The quantitative estimate of drug-likeness (QED) is 0.371. The van der Waals surface area contributed by atoms with Crippen LogP contribution in [0.15, 0.2) is 66.7 Å². The third kappa shape index (κ3) is 5.69. The molecule has 3 nitrogen and oxygen atoms in total. The van der Waals surface area contributed by atoms with Crippen molar-refractivity contribution in [1.29, 1.82) is 0 Å². The molecule has 3 rings (SSSR count). The molecule has 0 unspecified atom stereocenters. The van der Waals surface area contributed by atoms with Crippen molar-refractivity contribution in [3.8, 4) is 5.75 Å². The Labute approximate surface area is 158 Å². The summed E-state index contributed by atoms with van der Waals surface area (Å²) in [6, 6.07) is 22.5. The van der Waals surface area contributed by atoms with E-state index in [1.54, 1.807) is 0 Å². The van der Waals surface area contributed by atoms with E-state index >= 15 is 0 Å². The van der Waals surface area contributed by atoms with Gasteiger partial charge < -0.3 is 10.1 Å². The Hall–Kier alpha value is -2.17. The number of halogens is 1. The molecule has 0 aliphatic rings. The topological polar surface area (TPSA) is 38.3 Å². The van der Waals surface area contributed by atoms with Gasteiger partial charge in [-0.25, -0.2) is 0 Å². The second-order valence-electron chi connectivity index (χ2n) is 5.85. The minimum Gasteiger partial charge on any atom is -0.427 e. The van der Waals surface area contributed by atoms with Gasteiger partial charge in [0.1, 0.15) is 5.75 Å². The predicted molar refractivity (Wildman–Crippen MR) is 107 cm³/mol. The molecule has 130 valence electrons. The molecule has 25 heavy (non-hydrogen) atoms. The number of rotatable bonds is 6. The summed E-state index contributed by atoms with van der Waals surface area (Å²) in [5.41, 5.74) is 2.59. The average Bonchev–Trinajstić information content (AvgIpc) is 2.59. The molecule has 0 aliphatic carbocycles. The maximum atomic E-state index is 11.0. The zero-order valence-electron chi connectivity index (χ0n) is 14.2. The van der Waals surface area contributed by atoms with Crippen LogP contribution in [0, 0.1) is 0 Å². The number of esters is 1. The van der Waals surface area contributed by atoms with E-state index < -0.39 is 0 Å². The first-order valence-corrected chi connectivity index (χ1v) is 8.16. The van der Waals surface area contributed by atoms with Crippen molar-refractivity contribution in [2.75, 3.05) is 6.54 Å². The second-order valence-corrected chi connectivity index (χ2v) is 5.85. The number of carbonyl (C=O) groups is 1. The molecular formula is C21H22BrNO2. The van der Waals surface area contributed by atoms with Gasteiger partial charge in [-0.3, -0.25) is 4.79 Å². The number of hydrogen-bond acceptors (Lipinski definition) is 3. The number of nitrogens with one attached hydrogen (secondary N) is 1. The smallest absolute Gasteiger partial charge is 0.308 e. The molecule has 0 aliphatic heterocycles. The molecule has 0 bridgehead atoms. The third-order valence-corrected chi connectivity index (χ3v) is 3.90. The van der Waals surface area contributed by atoms with E-state index in [9.17, 15) is 4.79 Å². The van der Waals surface area contributed by atoms with Gasteiger partial charge in [-0.1, -0.05) is 54.6 Å². The molecule has 0 amide bonds.